The van der Waals surface area contributed by atoms with Gasteiger partial charge in [0.05, 0.1) is 14.2 Å². The predicted octanol–water partition coefficient (Wildman–Crippen LogP) is 8.69. The number of aliphatic hydroxyl groups excluding tert-OH is 2. The van der Waals surface area contributed by atoms with E-state index < -0.39 is 12.2 Å². The number of hydrogen-bond acceptors (Lipinski definition) is 8. The van der Waals surface area contributed by atoms with Gasteiger partial charge in [0, 0.05) is 24.2 Å². The van der Waals surface area contributed by atoms with Crippen LogP contribution in [0.25, 0.3) is 0 Å². The minimum atomic E-state index is -0.572. The summed E-state index contributed by atoms with van der Waals surface area (Å²) in [4.78, 5) is 0. The molecule has 4 rings (SSSR count). The lowest BCUT2D eigenvalue weighted by Crippen LogP contribution is -2.46. The standard InChI is InChI=1S/2C24H35NO3/c2*1-23(2,3)19-9-13-22(14-10-19)28-17-20(26)16-25-24(4,5)15-18-7-11-21(27-6)12-8-18/h2*7-14,20,25-26H,15-17H2,1-6H3. The van der Waals surface area contributed by atoms with Gasteiger partial charge in [0.1, 0.15) is 48.4 Å². The van der Waals surface area contributed by atoms with Gasteiger partial charge in [-0.3, -0.25) is 0 Å². The summed E-state index contributed by atoms with van der Waals surface area (Å²) in [6.45, 7) is 23.1. The van der Waals surface area contributed by atoms with E-state index in [0.717, 1.165) is 35.8 Å². The molecule has 308 valence electrons. The number of nitrogens with one attached hydrogen (secondary N) is 2. The fourth-order valence-electron chi connectivity index (χ4n) is 6.03. The topological polar surface area (TPSA) is 101 Å². The molecule has 0 spiro atoms. The lowest BCUT2D eigenvalue weighted by Gasteiger charge is -2.28. The molecule has 4 aromatic carbocycles. The molecule has 0 radical (unpaired) electrons. The third-order valence-electron chi connectivity index (χ3n) is 9.57. The summed E-state index contributed by atoms with van der Waals surface area (Å²) >= 11 is 0. The van der Waals surface area contributed by atoms with Crippen LogP contribution in [-0.4, -0.2) is 74.0 Å². The average molecular weight is 771 g/mol. The number of aliphatic hydroxyl groups is 2. The molecule has 0 saturated heterocycles. The Bertz CT molecular complexity index is 1560. The SMILES string of the molecule is COc1ccc(CC(C)(C)NCC(O)COc2ccc(C(C)(C)C)cc2)cc1.COc1ccc(CC(C)(C)NCC(O)COc2ccc(C(C)(C)C)cc2)cc1. The molecule has 0 aliphatic heterocycles. The largest absolute Gasteiger partial charge is 0.497 e. The summed E-state index contributed by atoms with van der Waals surface area (Å²) < 4.78 is 21.9. The molecule has 0 aromatic heterocycles. The fourth-order valence-corrected chi connectivity index (χ4v) is 6.03. The second-order valence-electron chi connectivity index (χ2n) is 18.1. The molecule has 0 aliphatic carbocycles. The van der Waals surface area contributed by atoms with Gasteiger partial charge >= 0.3 is 0 Å². The van der Waals surface area contributed by atoms with Crippen LogP contribution in [0.15, 0.2) is 97.1 Å². The highest BCUT2D eigenvalue weighted by atomic mass is 16.5. The molecule has 4 aromatic rings. The van der Waals surface area contributed by atoms with Crippen LogP contribution in [0.2, 0.25) is 0 Å². The molecule has 0 saturated carbocycles. The number of methoxy groups -OCH3 is 2. The van der Waals surface area contributed by atoms with Crippen molar-refractivity contribution in [1.82, 2.24) is 10.6 Å². The summed E-state index contributed by atoms with van der Waals surface area (Å²) in [6, 6.07) is 32.4. The van der Waals surface area contributed by atoms with Gasteiger partial charge in [-0.25, -0.2) is 0 Å². The summed E-state index contributed by atoms with van der Waals surface area (Å²) in [6.07, 6.45) is 0.576. The first-order chi connectivity index (χ1) is 26.2. The van der Waals surface area contributed by atoms with Gasteiger partial charge < -0.3 is 39.8 Å². The van der Waals surface area contributed by atoms with Gasteiger partial charge in [0.2, 0.25) is 0 Å². The van der Waals surface area contributed by atoms with Crippen molar-refractivity contribution in [2.45, 2.75) is 116 Å². The van der Waals surface area contributed by atoms with Crippen molar-refractivity contribution in [2.75, 3.05) is 40.5 Å². The van der Waals surface area contributed by atoms with Gasteiger partial charge in [-0.2, -0.15) is 0 Å². The Labute approximate surface area is 338 Å². The number of hydrogen-bond donors (Lipinski definition) is 4. The molecule has 0 heterocycles. The third-order valence-corrected chi connectivity index (χ3v) is 9.57. The lowest BCUT2D eigenvalue weighted by molar-refractivity contribution is 0.0988. The predicted molar refractivity (Wildman–Crippen MR) is 231 cm³/mol. The Morgan fingerprint density at radius 3 is 1.00 bits per heavy atom. The van der Waals surface area contributed by atoms with E-state index in [1.54, 1.807) is 14.2 Å². The molecule has 8 heteroatoms. The van der Waals surface area contributed by atoms with E-state index in [-0.39, 0.29) is 35.1 Å². The lowest BCUT2D eigenvalue weighted by atomic mass is 9.87. The van der Waals surface area contributed by atoms with Crippen LogP contribution in [-0.2, 0) is 23.7 Å². The van der Waals surface area contributed by atoms with Gasteiger partial charge in [0.15, 0.2) is 0 Å². The zero-order valence-electron chi connectivity index (χ0n) is 36.2. The van der Waals surface area contributed by atoms with Crippen LogP contribution < -0.4 is 29.6 Å². The van der Waals surface area contributed by atoms with Crippen LogP contribution in [0.3, 0.4) is 0 Å². The fraction of sp³-hybridized carbons (Fsp3) is 0.500. The summed E-state index contributed by atoms with van der Waals surface area (Å²) in [5.74, 6) is 3.28. The number of β-amino-alcohol motifs (C(OH)–C–C–N with tert-alkyl or cyclic N) is 2. The summed E-state index contributed by atoms with van der Waals surface area (Å²) in [5.41, 5.74) is 4.96. The van der Waals surface area contributed by atoms with Crippen LogP contribution in [0, 0.1) is 0 Å². The molecule has 0 aliphatic rings. The van der Waals surface area contributed by atoms with E-state index in [0.29, 0.717) is 13.1 Å². The monoisotopic (exact) mass is 771 g/mol. The van der Waals surface area contributed by atoms with E-state index >= 15 is 0 Å². The van der Waals surface area contributed by atoms with Crippen molar-refractivity contribution in [2.24, 2.45) is 0 Å². The Hall–Kier alpha value is -4.08. The average Bonchev–Trinajstić information content (AvgIpc) is 3.15. The van der Waals surface area contributed by atoms with Crippen LogP contribution >= 0.6 is 0 Å². The summed E-state index contributed by atoms with van der Waals surface area (Å²) in [5, 5.41) is 27.5. The van der Waals surface area contributed by atoms with Crippen LogP contribution in [0.4, 0.5) is 0 Å². The van der Waals surface area contributed by atoms with Crippen molar-refractivity contribution in [1.29, 1.82) is 0 Å². The van der Waals surface area contributed by atoms with Gasteiger partial charge in [0.25, 0.3) is 0 Å². The maximum atomic E-state index is 10.3. The second-order valence-corrected chi connectivity index (χ2v) is 18.1. The highest BCUT2D eigenvalue weighted by Crippen LogP contribution is 2.26. The first kappa shape index (κ1) is 46.3. The maximum absolute atomic E-state index is 10.3. The first-order valence-corrected chi connectivity index (χ1v) is 19.8. The molecular weight excluding hydrogens is 701 g/mol. The molecule has 0 amide bonds. The van der Waals surface area contributed by atoms with Gasteiger partial charge in [-0.1, -0.05) is 90.1 Å². The van der Waals surface area contributed by atoms with Crippen molar-refractivity contribution in [3.05, 3.63) is 119 Å². The molecule has 2 unspecified atom stereocenters. The van der Waals surface area contributed by atoms with Crippen molar-refractivity contribution < 1.29 is 29.2 Å². The highest BCUT2D eigenvalue weighted by Gasteiger charge is 2.21. The highest BCUT2D eigenvalue weighted by molar-refractivity contribution is 5.33. The van der Waals surface area contributed by atoms with Gasteiger partial charge in [-0.05, 0) is 122 Å². The Kier molecular flexibility index (Phi) is 17.3. The molecule has 2 atom stereocenters. The minimum absolute atomic E-state index is 0.122. The molecular formula is C48H70N2O6. The van der Waals surface area contributed by atoms with Crippen molar-refractivity contribution in [3.63, 3.8) is 0 Å². The molecule has 0 bridgehead atoms. The molecule has 0 fully saturated rings. The van der Waals surface area contributed by atoms with E-state index in [1.165, 1.54) is 22.3 Å². The van der Waals surface area contributed by atoms with E-state index in [9.17, 15) is 10.2 Å². The summed E-state index contributed by atoms with van der Waals surface area (Å²) in [7, 11) is 3.34. The maximum Gasteiger partial charge on any atom is 0.119 e. The second kappa shape index (κ2) is 20.9. The zero-order valence-corrected chi connectivity index (χ0v) is 36.2. The van der Waals surface area contributed by atoms with Crippen LogP contribution in [0.5, 0.6) is 23.0 Å². The van der Waals surface area contributed by atoms with E-state index in [4.69, 9.17) is 18.9 Å². The first-order valence-electron chi connectivity index (χ1n) is 19.8. The Morgan fingerprint density at radius 2 is 0.732 bits per heavy atom. The smallest absolute Gasteiger partial charge is 0.119 e. The number of benzene rings is 4. The quantitative estimate of drug-likeness (QED) is 0.0798. The molecule has 56 heavy (non-hydrogen) atoms. The van der Waals surface area contributed by atoms with Crippen molar-refractivity contribution >= 4 is 0 Å². The number of ether oxygens (including phenoxy) is 4. The zero-order chi connectivity index (χ0) is 41.6. The van der Waals surface area contributed by atoms with Gasteiger partial charge in [-0.15, -0.1) is 0 Å². The normalized spacial score (nSPS) is 13.2. The molecule has 4 N–H and O–H groups in total. The number of rotatable bonds is 18. The van der Waals surface area contributed by atoms with E-state index in [2.05, 4.69) is 128 Å². The van der Waals surface area contributed by atoms with E-state index in [1.807, 2.05) is 48.5 Å². The minimum Gasteiger partial charge on any atom is -0.497 e. The Morgan fingerprint density at radius 1 is 0.446 bits per heavy atom. The van der Waals surface area contributed by atoms with Crippen molar-refractivity contribution in [3.8, 4) is 23.0 Å². The Balaban J connectivity index is 0.000000300. The van der Waals surface area contributed by atoms with Crippen LogP contribution in [0.1, 0.15) is 91.5 Å². The molecule has 8 nitrogen and oxygen atoms in total. The third kappa shape index (κ3) is 17.0.